The minimum absolute atomic E-state index is 0. The highest BCUT2D eigenvalue weighted by atomic mass is 127. The van der Waals surface area contributed by atoms with Crippen molar-refractivity contribution < 1.29 is 13.9 Å². The summed E-state index contributed by atoms with van der Waals surface area (Å²) in [6.45, 7) is 4.40. The van der Waals surface area contributed by atoms with Gasteiger partial charge in [-0.3, -0.25) is 9.69 Å². The Kier molecular flexibility index (Phi) is 11.0. The van der Waals surface area contributed by atoms with Crippen LogP contribution in [0.3, 0.4) is 0 Å². The zero-order chi connectivity index (χ0) is 21.3. The van der Waals surface area contributed by atoms with E-state index in [1.807, 2.05) is 12.1 Å². The number of carbonyl (C=O) groups is 1. The van der Waals surface area contributed by atoms with Crippen LogP contribution in [0.25, 0.3) is 0 Å². The molecule has 2 heterocycles. The summed E-state index contributed by atoms with van der Waals surface area (Å²) in [6.07, 6.45) is 4.34. The van der Waals surface area contributed by atoms with Crippen LogP contribution in [0, 0.1) is 5.82 Å². The lowest BCUT2D eigenvalue weighted by Gasteiger charge is -2.33. The topological polar surface area (TPSA) is 69.2 Å². The third-order valence-electron chi connectivity index (χ3n) is 5.64. The summed E-state index contributed by atoms with van der Waals surface area (Å²) in [6, 6.07) is 7.03. The Bertz CT molecular complexity index is 702. The van der Waals surface area contributed by atoms with E-state index in [0.717, 1.165) is 57.5 Å². The van der Waals surface area contributed by atoms with Crippen molar-refractivity contribution in [2.75, 3.05) is 46.9 Å². The summed E-state index contributed by atoms with van der Waals surface area (Å²) >= 11 is 0. The number of nitrogens with zero attached hydrogens (tertiary/aromatic N) is 3. The molecule has 0 saturated carbocycles. The van der Waals surface area contributed by atoms with Crippen molar-refractivity contribution in [3.8, 4) is 0 Å². The van der Waals surface area contributed by atoms with E-state index >= 15 is 0 Å². The van der Waals surface area contributed by atoms with E-state index in [-0.39, 0.29) is 48.3 Å². The van der Waals surface area contributed by atoms with Gasteiger partial charge in [-0.15, -0.1) is 24.0 Å². The van der Waals surface area contributed by atoms with E-state index in [2.05, 4.69) is 20.5 Å². The molecule has 174 valence electrons. The largest absolute Gasteiger partial charge is 0.376 e. The second-order valence-corrected chi connectivity index (χ2v) is 8.29. The fraction of sp³-hybridized carbons (Fsp3) is 0.636. The Morgan fingerprint density at radius 2 is 1.94 bits per heavy atom. The van der Waals surface area contributed by atoms with E-state index < -0.39 is 0 Å². The SMILES string of the molecule is CN(C)C(=O)CN=C(NCC1CCCO1)NC1CCN(Cc2ccc(F)cc2)CC1.I. The number of guanidine groups is 1. The van der Waals surface area contributed by atoms with Gasteiger partial charge in [0, 0.05) is 52.9 Å². The lowest BCUT2D eigenvalue weighted by atomic mass is 10.0. The van der Waals surface area contributed by atoms with Crippen LogP contribution < -0.4 is 10.6 Å². The lowest BCUT2D eigenvalue weighted by Crippen LogP contribution is -2.50. The number of likely N-dealkylation sites (tertiary alicyclic amines) is 1. The minimum atomic E-state index is -0.197. The summed E-state index contributed by atoms with van der Waals surface area (Å²) in [5, 5.41) is 6.86. The van der Waals surface area contributed by atoms with E-state index in [9.17, 15) is 9.18 Å². The zero-order valence-electron chi connectivity index (χ0n) is 18.5. The average molecular weight is 547 g/mol. The molecule has 1 unspecified atom stereocenters. The van der Waals surface area contributed by atoms with Crippen LogP contribution in [0.15, 0.2) is 29.3 Å². The molecule has 31 heavy (non-hydrogen) atoms. The molecular weight excluding hydrogens is 512 g/mol. The number of piperidine rings is 1. The van der Waals surface area contributed by atoms with Gasteiger partial charge in [0.15, 0.2) is 5.96 Å². The Morgan fingerprint density at radius 1 is 1.23 bits per heavy atom. The molecule has 0 radical (unpaired) electrons. The average Bonchev–Trinajstić information content (AvgIpc) is 3.26. The minimum Gasteiger partial charge on any atom is -0.376 e. The van der Waals surface area contributed by atoms with Gasteiger partial charge >= 0.3 is 0 Å². The first kappa shape index (κ1) is 25.8. The molecule has 3 rings (SSSR count). The third kappa shape index (κ3) is 8.89. The predicted octanol–water partition coefficient (Wildman–Crippen LogP) is 2.21. The van der Waals surface area contributed by atoms with Crippen molar-refractivity contribution in [2.24, 2.45) is 4.99 Å². The number of amides is 1. The van der Waals surface area contributed by atoms with Gasteiger partial charge in [0.1, 0.15) is 12.4 Å². The molecular formula is C22H35FIN5O2. The van der Waals surface area contributed by atoms with Crippen LogP contribution in [0.4, 0.5) is 4.39 Å². The van der Waals surface area contributed by atoms with Crippen molar-refractivity contribution >= 4 is 35.8 Å². The molecule has 0 bridgehead atoms. The van der Waals surface area contributed by atoms with Crippen molar-refractivity contribution in [1.82, 2.24) is 20.4 Å². The van der Waals surface area contributed by atoms with Gasteiger partial charge in [-0.1, -0.05) is 12.1 Å². The monoisotopic (exact) mass is 547 g/mol. The van der Waals surface area contributed by atoms with Gasteiger partial charge in [-0.2, -0.15) is 0 Å². The highest BCUT2D eigenvalue weighted by Crippen LogP contribution is 2.15. The van der Waals surface area contributed by atoms with Gasteiger partial charge in [-0.25, -0.2) is 9.38 Å². The lowest BCUT2D eigenvalue weighted by molar-refractivity contribution is -0.127. The van der Waals surface area contributed by atoms with Crippen molar-refractivity contribution in [3.63, 3.8) is 0 Å². The molecule has 0 aliphatic carbocycles. The maximum atomic E-state index is 13.1. The zero-order valence-corrected chi connectivity index (χ0v) is 20.8. The molecule has 2 fully saturated rings. The fourth-order valence-corrected chi connectivity index (χ4v) is 3.73. The quantitative estimate of drug-likeness (QED) is 0.312. The number of nitrogens with one attached hydrogen (secondary N) is 2. The number of carbonyl (C=O) groups excluding carboxylic acids is 1. The highest BCUT2D eigenvalue weighted by molar-refractivity contribution is 14.0. The Morgan fingerprint density at radius 3 is 2.55 bits per heavy atom. The maximum Gasteiger partial charge on any atom is 0.243 e. The second kappa shape index (κ2) is 13.2. The molecule has 7 nitrogen and oxygen atoms in total. The van der Waals surface area contributed by atoms with Crippen LogP contribution in [0.1, 0.15) is 31.2 Å². The van der Waals surface area contributed by atoms with E-state index in [1.54, 1.807) is 19.0 Å². The molecule has 2 saturated heterocycles. The third-order valence-corrected chi connectivity index (χ3v) is 5.64. The Balaban J connectivity index is 0.00000341. The van der Waals surface area contributed by atoms with Crippen molar-refractivity contribution in [3.05, 3.63) is 35.6 Å². The predicted molar refractivity (Wildman–Crippen MR) is 131 cm³/mol. The Hall–Kier alpha value is -1.46. The summed E-state index contributed by atoms with van der Waals surface area (Å²) in [5.41, 5.74) is 1.13. The molecule has 1 atom stereocenters. The smallest absolute Gasteiger partial charge is 0.243 e. The van der Waals surface area contributed by atoms with Crippen molar-refractivity contribution in [1.29, 1.82) is 0 Å². The van der Waals surface area contributed by atoms with Crippen LogP contribution in [-0.4, -0.2) is 80.7 Å². The molecule has 0 aromatic heterocycles. The summed E-state index contributed by atoms with van der Waals surface area (Å²) in [7, 11) is 3.48. The van der Waals surface area contributed by atoms with Gasteiger partial charge in [-0.05, 0) is 43.4 Å². The van der Waals surface area contributed by atoms with E-state index in [4.69, 9.17) is 4.74 Å². The first-order chi connectivity index (χ1) is 14.5. The van der Waals surface area contributed by atoms with E-state index in [0.29, 0.717) is 18.5 Å². The van der Waals surface area contributed by atoms with Gasteiger partial charge < -0.3 is 20.3 Å². The number of halogens is 2. The van der Waals surface area contributed by atoms with Gasteiger partial charge in [0.25, 0.3) is 0 Å². The maximum absolute atomic E-state index is 13.1. The number of rotatable bonds is 7. The standard InChI is InChI=1S/C22H34FN5O2.HI/c1-27(2)21(29)15-25-22(24-14-20-4-3-13-30-20)26-19-9-11-28(12-10-19)16-17-5-7-18(23)8-6-17;/h5-8,19-20H,3-4,9-16H2,1-2H3,(H2,24,25,26);1H. The van der Waals surface area contributed by atoms with Crippen LogP contribution in [0.5, 0.6) is 0 Å². The molecule has 2 N–H and O–H groups in total. The molecule has 1 aromatic carbocycles. The highest BCUT2D eigenvalue weighted by Gasteiger charge is 2.21. The molecule has 2 aliphatic rings. The van der Waals surface area contributed by atoms with Crippen LogP contribution in [-0.2, 0) is 16.1 Å². The van der Waals surface area contributed by atoms with Crippen molar-refractivity contribution in [2.45, 2.75) is 44.4 Å². The first-order valence-electron chi connectivity index (χ1n) is 10.8. The number of ether oxygens (including phenoxy) is 1. The number of aliphatic imine (C=N–C) groups is 1. The second-order valence-electron chi connectivity index (χ2n) is 8.29. The molecule has 9 heteroatoms. The normalized spacial score (nSPS) is 20.2. The molecule has 0 spiro atoms. The van der Waals surface area contributed by atoms with Gasteiger partial charge in [0.2, 0.25) is 5.91 Å². The number of hydrogen-bond acceptors (Lipinski definition) is 4. The molecule has 2 aliphatic heterocycles. The van der Waals surface area contributed by atoms with Crippen LogP contribution in [0.2, 0.25) is 0 Å². The summed E-state index contributed by atoms with van der Waals surface area (Å²) in [4.78, 5) is 20.4. The Labute approximate surface area is 201 Å². The fourth-order valence-electron chi connectivity index (χ4n) is 3.73. The molecule has 1 amide bonds. The summed E-state index contributed by atoms with van der Waals surface area (Å²) < 4.78 is 18.8. The summed E-state index contributed by atoms with van der Waals surface area (Å²) in [5.74, 6) is 0.455. The number of benzene rings is 1. The van der Waals surface area contributed by atoms with Crippen LogP contribution >= 0.6 is 24.0 Å². The van der Waals surface area contributed by atoms with E-state index in [1.165, 1.54) is 12.1 Å². The number of hydrogen-bond donors (Lipinski definition) is 2. The molecule has 1 aromatic rings. The van der Waals surface area contributed by atoms with Gasteiger partial charge in [0.05, 0.1) is 6.10 Å². The first-order valence-corrected chi connectivity index (χ1v) is 10.8. The number of likely N-dealkylation sites (N-methyl/N-ethyl adjacent to an activating group) is 1.